The van der Waals surface area contributed by atoms with Gasteiger partial charge in [0.2, 0.25) is 11.8 Å². The van der Waals surface area contributed by atoms with E-state index in [4.69, 9.17) is 11.6 Å². The lowest BCUT2D eigenvalue weighted by molar-refractivity contribution is -0.384. The van der Waals surface area contributed by atoms with Crippen molar-refractivity contribution in [1.82, 2.24) is 10.2 Å². The molecule has 3 rings (SSSR count). The van der Waals surface area contributed by atoms with E-state index >= 15 is 0 Å². The smallest absolute Gasteiger partial charge is 0.271 e. The van der Waals surface area contributed by atoms with Crippen molar-refractivity contribution < 1.29 is 22.9 Å². The Morgan fingerprint density at radius 1 is 0.975 bits per heavy atom. The molecule has 3 aromatic rings. The van der Waals surface area contributed by atoms with E-state index in [0.29, 0.717) is 17.1 Å². The molecule has 0 aliphatic rings. The molecule has 10 nitrogen and oxygen atoms in total. The zero-order valence-corrected chi connectivity index (χ0v) is 23.9. The van der Waals surface area contributed by atoms with Crippen LogP contribution in [0.25, 0.3) is 0 Å². The van der Waals surface area contributed by atoms with E-state index in [1.54, 1.807) is 37.3 Å². The Balaban J connectivity index is 2.05. The topological polar surface area (TPSA) is 130 Å². The minimum atomic E-state index is -4.34. The summed E-state index contributed by atoms with van der Waals surface area (Å²) < 4.78 is 28.3. The number of rotatable bonds is 12. The number of anilines is 1. The van der Waals surface area contributed by atoms with E-state index in [1.165, 1.54) is 47.4 Å². The zero-order chi connectivity index (χ0) is 29.4. The lowest BCUT2D eigenvalue weighted by atomic mass is 10.1. The second-order valence-electron chi connectivity index (χ2n) is 9.53. The third-order valence-electron chi connectivity index (χ3n) is 6.09. The van der Waals surface area contributed by atoms with Gasteiger partial charge in [-0.3, -0.25) is 24.0 Å². The fourth-order valence-electron chi connectivity index (χ4n) is 3.86. The number of halogens is 1. The third-order valence-corrected chi connectivity index (χ3v) is 8.25. The summed E-state index contributed by atoms with van der Waals surface area (Å²) in [5.41, 5.74) is 0.155. The van der Waals surface area contributed by atoms with Gasteiger partial charge in [0, 0.05) is 30.2 Å². The fourth-order valence-corrected chi connectivity index (χ4v) is 5.48. The number of amides is 2. The van der Waals surface area contributed by atoms with Gasteiger partial charge in [-0.2, -0.15) is 0 Å². The summed E-state index contributed by atoms with van der Waals surface area (Å²) in [6.45, 7) is 5.02. The average molecular weight is 587 g/mol. The van der Waals surface area contributed by atoms with Gasteiger partial charge in [-0.15, -0.1) is 0 Å². The first kappa shape index (κ1) is 30.6. The van der Waals surface area contributed by atoms with Gasteiger partial charge in [-0.1, -0.05) is 67.9 Å². The largest absolute Gasteiger partial charge is 0.354 e. The molecule has 12 heteroatoms. The molecule has 0 saturated carbocycles. The summed E-state index contributed by atoms with van der Waals surface area (Å²) in [5.74, 6) is -0.940. The van der Waals surface area contributed by atoms with Crippen molar-refractivity contribution in [2.45, 2.75) is 38.3 Å². The van der Waals surface area contributed by atoms with Crippen molar-refractivity contribution >= 4 is 44.8 Å². The molecule has 0 fully saturated rings. The number of hydrogen-bond donors (Lipinski definition) is 1. The number of carbonyl (C=O) groups excluding carboxylic acids is 2. The van der Waals surface area contributed by atoms with E-state index in [1.807, 2.05) is 13.8 Å². The number of sulfonamides is 1. The van der Waals surface area contributed by atoms with Crippen LogP contribution in [0.15, 0.2) is 83.8 Å². The highest BCUT2D eigenvalue weighted by Gasteiger charge is 2.33. The highest BCUT2D eigenvalue weighted by Crippen LogP contribution is 2.28. The molecule has 0 aliphatic carbocycles. The number of nitro groups is 1. The molecule has 212 valence electrons. The minimum Gasteiger partial charge on any atom is -0.354 e. The molecule has 0 aliphatic heterocycles. The van der Waals surface area contributed by atoms with Crippen molar-refractivity contribution in [3.8, 4) is 0 Å². The molecule has 2 amide bonds. The van der Waals surface area contributed by atoms with E-state index in [9.17, 15) is 28.1 Å². The van der Waals surface area contributed by atoms with E-state index < -0.39 is 39.3 Å². The van der Waals surface area contributed by atoms with Crippen molar-refractivity contribution in [3.63, 3.8) is 0 Å². The molecule has 1 atom stereocenters. The molecule has 1 N–H and O–H groups in total. The Hall–Kier alpha value is -3.96. The van der Waals surface area contributed by atoms with Crippen LogP contribution in [0.5, 0.6) is 0 Å². The number of nitrogens with zero attached hydrogens (tertiary/aromatic N) is 3. The molecule has 0 spiro atoms. The fraction of sp³-hybridized carbons (Fsp3) is 0.286. The van der Waals surface area contributed by atoms with Crippen LogP contribution in [0, 0.1) is 16.0 Å². The van der Waals surface area contributed by atoms with Gasteiger partial charge in [0.05, 0.1) is 15.5 Å². The summed E-state index contributed by atoms with van der Waals surface area (Å²) in [5, 5.41) is 14.6. The van der Waals surface area contributed by atoms with Crippen molar-refractivity contribution in [2.75, 3.05) is 17.4 Å². The zero-order valence-electron chi connectivity index (χ0n) is 22.4. The van der Waals surface area contributed by atoms with Gasteiger partial charge < -0.3 is 10.2 Å². The summed E-state index contributed by atoms with van der Waals surface area (Å²) >= 11 is 6.35. The Labute approximate surface area is 238 Å². The van der Waals surface area contributed by atoms with E-state index in [-0.39, 0.29) is 28.7 Å². The monoisotopic (exact) mass is 586 g/mol. The van der Waals surface area contributed by atoms with Crippen molar-refractivity contribution in [1.29, 1.82) is 0 Å². The number of benzene rings is 3. The van der Waals surface area contributed by atoms with Gasteiger partial charge in [0.15, 0.2) is 0 Å². The van der Waals surface area contributed by atoms with Gasteiger partial charge >= 0.3 is 0 Å². The highest BCUT2D eigenvalue weighted by atomic mass is 35.5. The van der Waals surface area contributed by atoms with Crippen LogP contribution in [-0.4, -0.2) is 49.2 Å². The second-order valence-corrected chi connectivity index (χ2v) is 11.8. The first-order valence-corrected chi connectivity index (χ1v) is 14.4. The van der Waals surface area contributed by atoms with Crippen LogP contribution in [0.3, 0.4) is 0 Å². The van der Waals surface area contributed by atoms with Crippen LogP contribution in [0.2, 0.25) is 5.02 Å². The summed E-state index contributed by atoms with van der Waals surface area (Å²) in [6.07, 6.45) is 0. The predicted octanol–water partition coefficient (Wildman–Crippen LogP) is 4.63. The molecule has 0 heterocycles. The van der Waals surface area contributed by atoms with Gasteiger partial charge in [-0.05, 0) is 42.7 Å². The standard InChI is InChI=1S/C28H31ClN4O6S/c1-20(2)17-30-28(35)21(3)31(18-22-10-7-8-15-26(22)29)27(34)19-32(23-11-9-12-24(16-23)33(36)37)40(38,39)25-13-5-4-6-14-25/h4-16,20-21H,17-19H2,1-3H3,(H,30,35). The Bertz CT molecular complexity index is 1470. The maximum absolute atomic E-state index is 13.9. The first-order valence-electron chi connectivity index (χ1n) is 12.5. The summed E-state index contributed by atoms with van der Waals surface area (Å²) in [7, 11) is -4.34. The Morgan fingerprint density at radius 3 is 2.25 bits per heavy atom. The third kappa shape index (κ3) is 7.57. The molecular weight excluding hydrogens is 556 g/mol. The van der Waals surface area contributed by atoms with Crippen LogP contribution in [-0.2, 0) is 26.2 Å². The van der Waals surface area contributed by atoms with Gasteiger partial charge in [-0.25, -0.2) is 8.42 Å². The second kappa shape index (κ2) is 13.4. The molecule has 0 bridgehead atoms. The molecule has 0 saturated heterocycles. The SMILES string of the molecule is CC(C)CNC(=O)C(C)N(Cc1ccccc1Cl)C(=O)CN(c1cccc([N+](=O)[O-])c1)S(=O)(=O)c1ccccc1. The van der Waals surface area contributed by atoms with Crippen LogP contribution in [0.1, 0.15) is 26.3 Å². The molecule has 1 unspecified atom stereocenters. The lowest BCUT2D eigenvalue weighted by Gasteiger charge is -2.32. The van der Waals surface area contributed by atoms with Crippen LogP contribution in [0.4, 0.5) is 11.4 Å². The molecule has 0 radical (unpaired) electrons. The van der Waals surface area contributed by atoms with Crippen molar-refractivity contribution in [3.05, 3.63) is 99.6 Å². The maximum atomic E-state index is 13.9. The van der Waals surface area contributed by atoms with Crippen molar-refractivity contribution in [2.24, 2.45) is 5.92 Å². The lowest BCUT2D eigenvalue weighted by Crippen LogP contribution is -2.51. The molecule has 0 aromatic heterocycles. The quantitative estimate of drug-likeness (QED) is 0.243. The van der Waals surface area contributed by atoms with Crippen LogP contribution >= 0.6 is 11.6 Å². The van der Waals surface area contributed by atoms with Gasteiger partial charge in [0.1, 0.15) is 12.6 Å². The van der Waals surface area contributed by atoms with E-state index in [0.717, 1.165) is 10.4 Å². The Morgan fingerprint density at radius 2 is 1.62 bits per heavy atom. The average Bonchev–Trinajstić information content (AvgIpc) is 2.94. The number of nitrogens with one attached hydrogen (secondary N) is 1. The maximum Gasteiger partial charge on any atom is 0.271 e. The number of non-ortho nitro benzene ring substituents is 1. The van der Waals surface area contributed by atoms with Gasteiger partial charge in [0.25, 0.3) is 15.7 Å². The number of nitro benzene ring substituents is 1. The predicted molar refractivity (Wildman–Crippen MR) is 153 cm³/mol. The summed E-state index contributed by atoms with van der Waals surface area (Å²) in [6, 6.07) is 18.3. The number of hydrogen-bond acceptors (Lipinski definition) is 6. The molecule has 40 heavy (non-hydrogen) atoms. The molecule has 3 aromatic carbocycles. The summed E-state index contributed by atoms with van der Waals surface area (Å²) in [4.78, 5) is 38.8. The number of carbonyl (C=O) groups is 2. The minimum absolute atomic E-state index is 0.0665. The van der Waals surface area contributed by atoms with Crippen LogP contribution < -0.4 is 9.62 Å². The normalized spacial score (nSPS) is 12.0. The first-order chi connectivity index (χ1) is 18.9. The van der Waals surface area contributed by atoms with E-state index in [2.05, 4.69) is 5.32 Å². The molecular formula is C28H31ClN4O6S. The Kier molecular flexibility index (Phi) is 10.2. The highest BCUT2D eigenvalue weighted by molar-refractivity contribution is 7.92.